The zero-order chi connectivity index (χ0) is 22.4. The molecule has 0 radical (unpaired) electrons. The second-order valence-corrected chi connectivity index (χ2v) is 7.68. The minimum atomic E-state index is -1.16. The quantitative estimate of drug-likeness (QED) is 0.403. The minimum absolute atomic E-state index is 0.230. The lowest BCUT2D eigenvalue weighted by atomic mass is 10.0. The van der Waals surface area contributed by atoms with Crippen LogP contribution in [0, 0.1) is 5.92 Å². The van der Waals surface area contributed by atoms with Crippen LogP contribution in [0.15, 0.2) is 64.5 Å². The van der Waals surface area contributed by atoms with E-state index < -0.39 is 17.9 Å². The van der Waals surface area contributed by atoms with E-state index in [1.807, 2.05) is 6.92 Å². The summed E-state index contributed by atoms with van der Waals surface area (Å²) < 4.78 is 0. The van der Waals surface area contributed by atoms with Gasteiger partial charge in [-0.25, -0.2) is 10.5 Å². The Morgan fingerprint density at radius 1 is 1.03 bits per heavy atom. The topological polar surface area (TPSA) is 116 Å². The summed E-state index contributed by atoms with van der Waals surface area (Å²) in [5.41, 5.74) is 3.54. The summed E-state index contributed by atoms with van der Waals surface area (Å²) >= 11 is 0. The van der Waals surface area contributed by atoms with Crippen LogP contribution in [0.1, 0.15) is 49.3 Å². The second kappa shape index (κ2) is 9.80. The average Bonchev–Trinajstić information content (AvgIpc) is 2.76. The van der Waals surface area contributed by atoms with E-state index in [0.717, 1.165) is 12.1 Å². The number of rotatable bonds is 7. The van der Waals surface area contributed by atoms with Gasteiger partial charge in [0.2, 0.25) is 0 Å². The number of aromatic nitrogens is 2. The molecule has 3 N–H and O–H groups in total. The standard InChI is InChI=1S/C23H25N5O3/c1-14(2)13-15(3)25-28-23(31)20(24-21(29)16-9-5-4-6-10-16)19-17-11-7-8-12-18(17)22(30)27-26-19/h4-12,14,20H,13H2,1-3H3,(H,24,29)(H,27,30)(H,28,31)/b25-15+. The van der Waals surface area contributed by atoms with Crippen molar-refractivity contribution in [1.82, 2.24) is 20.9 Å². The van der Waals surface area contributed by atoms with Crippen molar-refractivity contribution in [2.24, 2.45) is 11.0 Å². The van der Waals surface area contributed by atoms with Gasteiger partial charge < -0.3 is 5.32 Å². The molecule has 0 saturated heterocycles. The first-order valence-electron chi connectivity index (χ1n) is 10.0. The van der Waals surface area contributed by atoms with Gasteiger partial charge in [-0.2, -0.15) is 10.2 Å². The molecule has 2 aromatic carbocycles. The summed E-state index contributed by atoms with van der Waals surface area (Å²) in [5.74, 6) is -0.614. The highest BCUT2D eigenvalue weighted by Crippen LogP contribution is 2.20. The molecular formula is C23H25N5O3. The summed E-state index contributed by atoms with van der Waals surface area (Å²) in [6.45, 7) is 5.94. The first-order chi connectivity index (χ1) is 14.9. The van der Waals surface area contributed by atoms with Gasteiger partial charge in [-0.1, -0.05) is 50.2 Å². The summed E-state index contributed by atoms with van der Waals surface area (Å²) in [7, 11) is 0. The zero-order valence-electron chi connectivity index (χ0n) is 17.7. The van der Waals surface area contributed by atoms with Gasteiger partial charge in [0, 0.05) is 16.7 Å². The van der Waals surface area contributed by atoms with E-state index in [0.29, 0.717) is 22.3 Å². The third-order valence-corrected chi connectivity index (χ3v) is 4.63. The Hall–Kier alpha value is -3.81. The van der Waals surface area contributed by atoms with Crippen LogP contribution in [0.25, 0.3) is 10.8 Å². The van der Waals surface area contributed by atoms with Crippen LogP contribution in [0.5, 0.6) is 0 Å². The average molecular weight is 419 g/mol. The minimum Gasteiger partial charge on any atom is -0.335 e. The van der Waals surface area contributed by atoms with Crippen molar-refractivity contribution in [2.75, 3.05) is 0 Å². The number of hydrogen-bond acceptors (Lipinski definition) is 5. The highest BCUT2D eigenvalue weighted by Gasteiger charge is 2.27. The Bertz CT molecular complexity index is 1170. The van der Waals surface area contributed by atoms with Crippen LogP contribution < -0.4 is 16.3 Å². The number of amides is 2. The maximum atomic E-state index is 13.1. The van der Waals surface area contributed by atoms with Crippen LogP contribution >= 0.6 is 0 Å². The largest absolute Gasteiger partial charge is 0.335 e. The molecule has 0 fully saturated rings. The number of hydrazone groups is 1. The molecule has 0 bridgehead atoms. The fourth-order valence-electron chi connectivity index (χ4n) is 3.27. The lowest BCUT2D eigenvalue weighted by Crippen LogP contribution is -2.40. The number of fused-ring (bicyclic) bond motifs is 1. The van der Waals surface area contributed by atoms with Crippen LogP contribution in [0.2, 0.25) is 0 Å². The molecular weight excluding hydrogens is 394 g/mol. The summed E-state index contributed by atoms with van der Waals surface area (Å²) in [4.78, 5) is 38.0. The van der Waals surface area contributed by atoms with Gasteiger partial charge in [0.05, 0.1) is 5.39 Å². The SMILES string of the molecule is C/C(CC(C)C)=N\NC(=O)C(NC(=O)c1ccccc1)c1n[nH]c(=O)c2ccccc12. The molecule has 0 spiro atoms. The molecule has 1 aromatic heterocycles. The maximum absolute atomic E-state index is 13.1. The molecule has 3 aromatic rings. The summed E-state index contributed by atoms with van der Waals surface area (Å²) in [5, 5.41) is 14.2. The van der Waals surface area contributed by atoms with E-state index >= 15 is 0 Å². The van der Waals surface area contributed by atoms with Gasteiger partial charge in [0.25, 0.3) is 17.4 Å². The van der Waals surface area contributed by atoms with Gasteiger partial charge in [-0.05, 0) is 37.5 Å². The van der Waals surface area contributed by atoms with E-state index in [9.17, 15) is 14.4 Å². The smallest absolute Gasteiger partial charge is 0.272 e. The number of nitrogens with one attached hydrogen (secondary N) is 3. The molecule has 1 unspecified atom stereocenters. The van der Waals surface area contributed by atoms with Gasteiger partial charge in [-0.3, -0.25) is 14.4 Å². The Kier molecular flexibility index (Phi) is 6.92. The Morgan fingerprint density at radius 2 is 1.68 bits per heavy atom. The monoisotopic (exact) mass is 419 g/mol. The summed E-state index contributed by atoms with van der Waals surface area (Å²) in [6, 6.07) is 14.2. The number of carbonyl (C=O) groups excluding carboxylic acids is 2. The molecule has 0 aliphatic heterocycles. The Morgan fingerprint density at radius 3 is 2.35 bits per heavy atom. The van der Waals surface area contributed by atoms with Crippen LogP contribution in [-0.2, 0) is 4.79 Å². The van der Waals surface area contributed by atoms with Crippen molar-refractivity contribution >= 4 is 28.3 Å². The van der Waals surface area contributed by atoms with E-state index in [1.165, 1.54) is 0 Å². The lowest BCUT2D eigenvalue weighted by Gasteiger charge is -2.18. The molecule has 0 aliphatic rings. The predicted octanol–water partition coefficient (Wildman–Crippen LogP) is 2.93. The number of hydrogen-bond donors (Lipinski definition) is 3. The van der Waals surface area contributed by atoms with Crippen molar-refractivity contribution in [3.8, 4) is 0 Å². The highest BCUT2D eigenvalue weighted by molar-refractivity contribution is 5.99. The number of carbonyl (C=O) groups is 2. The third kappa shape index (κ3) is 5.42. The van der Waals surface area contributed by atoms with Crippen molar-refractivity contribution < 1.29 is 9.59 Å². The van der Waals surface area contributed by atoms with Crippen LogP contribution in [0.4, 0.5) is 0 Å². The third-order valence-electron chi connectivity index (χ3n) is 4.63. The maximum Gasteiger partial charge on any atom is 0.272 e. The molecule has 2 amide bonds. The normalized spacial score (nSPS) is 12.6. The molecule has 3 rings (SSSR count). The van der Waals surface area contributed by atoms with Gasteiger partial charge in [-0.15, -0.1) is 0 Å². The fourth-order valence-corrected chi connectivity index (χ4v) is 3.27. The molecule has 31 heavy (non-hydrogen) atoms. The lowest BCUT2D eigenvalue weighted by molar-refractivity contribution is -0.123. The van der Waals surface area contributed by atoms with Gasteiger partial charge >= 0.3 is 0 Å². The van der Waals surface area contributed by atoms with Gasteiger partial charge in [0.1, 0.15) is 5.69 Å². The van der Waals surface area contributed by atoms with E-state index in [4.69, 9.17) is 0 Å². The second-order valence-electron chi connectivity index (χ2n) is 7.68. The van der Waals surface area contributed by atoms with Crippen molar-refractivity contribution in [1.29, 1.82) is 0 Å². The highest BCUT2D eigenvalue weighted by atomic mass is 16.2. The molecule has 8 nitrogen and oxygen atoms in total. The zero-order valence-corrected chi connectivity index (χ0v) is 17.7. The summed E-state index contributed by atoms with van der Waals surface area (Å²) in [6.07, 6.45) is 0.723. The first-order valence-corrected chi connectivity index (χ1v) is 10.0. The molecule has 1 heterocycles. The van der Waals surface area contributed by atoms with Crippen molar-refractivity contribution in [3.05, 3.63) is 76.2 Å². The van der Waals surface area contributed by atoms with Crippen molar-refractivity contribution in [3.63, 3.8) is 0 Å². The van der Waals surface area contributed by atoms with E-state index in [2.05, 4.69) is 39.9 Å². The fraction of sp³-hybridized carbons (Fsp3) is 0.261. The number of nitrogens with zero attached hydrogens (tertiary/aromatic N) is 2. The Balaban J connectivity index is 1.99. The van der Waals surface area contributed by atoms with E-state index in [1.54, 1.807) is 54.6 Å². The van der Waals surface area contributed by atoms with Crippen LogP contribution in [0.3, 0.4) is 0 Å². The number of aromatic amines is 1. The predicted molar refractivity (Wildman–Crippen MR) is 120 cm³/mol. The van der Waals surface area contributed by atoms with E-state index in [-0.39, 0.29) is 11.3 Å². The Labute approximate surface area is 179 Å². The number of H-pyrrole nitrogens is 1. The molecule has 0 saturated carbocycles. The molecule has 160 valence electrons. The van der Waals surface area contributed by atoms with Crippen molar-refractivity contribution in [2.45, 2.75) is 33.2 Å². The number of benzene rings is 2. The first kappa shape index (κ1) is 21.9. The molecule has 8 heteroatoms. The molecule has 1 atom stereocenters. The molecule has 0 aliphatic carbocycles. The van der Waals surface area contributed by atoms with Gasteiger partial charge in [0.15, 0.2) is 6.04 Å². The van der Waals surface area contributed by atoms with Crippen LogP contribution in [-0.4, -0.2) is 27.7 Å².